The molecule has 0 bridgehead atoms. The van der Waals surface area contributed by atoms with Crippen LogP contribution in [0.1, 0.15) is 25.3 Å². The summed E-state index contributed by atoms with van der Waals surface area (Å²) >= 11 is 0. The highest BCUT2D eigenvalue weighted by Crippen LogP contribution is 2.52. The molecule has 2 aliphatic rings. The molecule has 8 heteroatoms. The maximum atomic E-state index is 15.2. The minimum Gasteiger partial charge on any atom is -0.311 e. The van der Waals surface area contributed by atoms with Crippen molar-refractivity contribution in [2.24, 2.45) is 5.41 Å². The molecule has 4 nitrogen and oxygen atoms in total. The second-order valence-electron chi connectivity index (χ2n) is 7.85. The van der Waals surface area contributed by atoms with Gasteiger partial charge in [0.25, 0.3) is 0 Å². The Kier molecular flexibility index (Phi) is 6.34. The number of halogens is 3. The summed E-state index contributed by atoms with van der Waals surface area (Å²) in [7, 11) is -3.39. The number of hydrogen-bond donors (Lipinski definition) is 2. The van der Waals surface area contributed by atoms with E-state index in [1.165, 1.54) is 12.1 Å². The average molecular weight is 443 g/mol. The Hall–Kier alpha value is -1.54. The Morgan fingerprint density at radius 2 is 1.86 bits per heavy atom. The maximum Gasteiger partial charge on any atom is 0.211 e. The van der Waals surface area contributed by atoms with Crippen LogP contribution in [0.5, 0.6) is 0 Å². The number of rotatable bonds is 6. The first-order chi connectivity index (χ1) is 13.3. The van der Waals surface area contributed by atoms with Gasteiger partial charge in [0, 0.05) is 29.6 Å². The van der Waals surface area contributed by atoms with Crippen molar-refractivity contribution in [1.29, 1.82) is 0 Å². The average Bonchev–Trinajstić information content (AvgIpc) is 3.40. The lowest BCUT2D eigenvalue weighted by Crippen LogP contribution is -2.48. The maximum absolute atomic E-state index is 15.2. The summed E-state index contributed by atoms with van der Waals surface area (Å²) in [5.74, 6) is -0.956. The van der Waals surface area contributed by atoms with Crippen LogP contribution >= 0.6 is 12.4 Å². The van der Waals surface area contributed by atoms with E-state index in [-0.39, 0.29) is 53.2 Å². The molecule has 1 heterocycles. The topological polar surface area (TPSA) is 58.2 Å². The summed E-state index contributed by atoms with van der Waals surface area (Å²) in [4.78, 5) is 0. The summed E-state index contributed by atoms with van der Waals surface area (Å²) in [6.45, 7) is 2.29. The van der Waals surface area contributed by atoms with E-state index in [9.17, 15) is 12.8 Å². The smallest absolute Gasteiger partial charge is 0.211 e. The lowest BCUT2D eigenvalue weighted by atomic mass is 9.91. The third-order valence-corrected chi connectivity index (χ3v) is 7.37. The van der Waals surface area contributed by atoms with Crippen LogP contribution in [0.3, 0.4) is 0 Å². The van der Waals surface area contributed by atoms with E-state index in [1.807, 2.05) is 6.07 Å². The molecule has 0 aromatic heterocycles. The first-order valence-corrected chi connectivity index (χ1v) is 11.3. The van der Waals surface area contributed by atoms with Gasteiger partial charge in [-0.2, -0.15) is 0 Å². The van der Waals surface area contributed by atoms with Crippen molar-refractivity contribution in [2.45, 2.75) is 38.3 Å². The molecule has 158 valence electrons. The molecule has 1 saturated carbocycles. The molecule has 2 aromatic carbocycles. The van der Waals surface area contributed by atoms with Gasteiger partial charge in [0.15, 0.2) is 0 Å². The van der Waals surface area contributed by atoms with Crippen molar-refractivity contribution >= 4 is 22.4 Å². The summed E-state index contributed by atoms with van der Waals surface area (Å²) < 4.78 is 56.6. The van der Waals surface area contributed by atoms with Crippen LogP contribution in [-0.4, -0.2) is 32.8 Å². The Labute approximate surface area is 176 Å². The Morgan fingerprint density at radius 3 is 2.48 bits per heavy atom. The fourth-order valence-corrected chi connectivity index (χ4v) is 5.14. The van der Waals surface area contributed by atoms with Gasteiger partial charge in [-0.3, -0.25) is 0 Å². The largest absolute Gasteiger partial charge is 0.311 e. The second kappa shape index (κ2) is 8.30. The van der Waals surface area contributed by atoms with E-state index in [4.69, 9.17) is 0 Å². The van der Waals surface area contributed by atoms with Crippen molar-refractivity contribution < 1.29 is 17.2 Å². The summed E-state index contributed by atoms with van der Waals surface area (Å²) in [5.41, 5.74) is 0.996. The first-order valence-electron chi connectivity index (χ1n) is 9.60. The van der Waals surface area contributed by atoms with Crippen molar-refractivity contribution in [3.63, 3.8) is 0 Å². The fourth-order valence-electron chi connectivity index (χ4n) is 4.17. The van der Waals surface area contributed by atoms with E-state index in [2.05, 4.69) is 10.0 Å². The zero-order valence-corrected chi connectivity index (χ0v) is 17.8. The van der Waals surface area contributed by atoms with Crippen LogP contribution < -0.4 is 10.0 Å². The molecule has 0 unspecified atom stereocenters. The third-order valence-electron chi connectivity index (χ3n) is 5.99. The van der Waals surface area contributed by atoms with Gasteiger partial charge < -0.3 is 5.32 Å². The predicted molar refractivity (Wildman–Crippen MR) is 113 cm³/mol. The fraction of sp³-hybridized carbons (Fsp3) is 0.429. The summed E-state index contributed by atoms with van der Waals surface area (Å²) in [5, 5.41) is 3.34. The molecule has 2 fully saturated rings. The highest BCUT2D eigenvalue weighted by Gasteiger charge is 2.57. The van der Waals surface area contributed by atoms with Crippen LogP contribution in [0.4, 0.5) is 8.78 Å². The van der Waals surface area contributed by atoms with E-state index in [1.54, 1.807) is 31.2 Å². The molecule has 1 saturated heterocycles. The molecule has 1 aliphatic carbocycles. The second-order valence-corrected chi connectivity index (χ2v) is 9.89. The van der Waals surface area contributed by atoms with Crippen LogP contribution in [-0.2, 0) is 16.4 Å². The molecule has 1 spiro atoms. The summed E-state index contributed by atoms with van der Waals surface area (Å²) in [6.07, 6.45) is 2.10. The predicted octanol–water partition coefficient (Wildman–Crippen LogP) is 3.66. The van der Waals surface area contributed by atoms with E-state index >= 15 is 4.39 Å². The molecule has 0 amide bonds. The van der Waals surface area contributed by atoms with Gasteiger partial charge in [0.05, 0.1) is 5.75 Å². The SMILES string of the molecule is CCS(=O)(=O)N[C@@H]1[C@H](Cc2cc(F)cc(-c3ccccc3)c2F)NCC12CC2.Cl. The van der Waals surface area contributed by atoms with Crippen molar-refractivity contribution in [1.82, 2.24) is 10.0 Å². The standard InChI is InChI=1S/C21H24F2N2O2S.ClH/c1-2-28(26,27)25-20-18(24-13-21(20)8-9-21)11-15-10-16(22)12-17(19(15)23)14-6-4-3-5-7-14;/h3-7,10,12,18,20,24-25H,2,8-9,11,13H2,1H3;1H/t18-,20+;/m0./s1. The van der Waals surface area contributed by atoms with Crippen LogP contribution in [0.15, 0.2) is 42.5 Å². The molecule has 2 aromatic rings. The van der Waals surface area contributed by atoms with Crippen molar-refractivity contribution in [3.05, 3.63) is 59.7 Å². The molecule has 2 atom stereocenters. The molecular formula is C21H25ClF2N2O2S. The van der Waals surface area contributed by atoms with Crippen molar-refractivity contribution in [3.8, 4) is 11.1 Å². The van der Waals surface area contributed by atoms with Gasteiger partial charge in [-0.05, 0) is 49.4 Å². The van der Waals surface area contributed by atoms with Gasteiger partial charge in [0.2, 0.25) is 10.0 Å². The van der Waals surface area contributed by atoms with Gasteiger partial charge in [0.1, 0.15) is 11.6 Å². The normalized spacial score (nSPS) is 22.4. The van der Waals surface area contributed by atoms with Gasteiger partial charge >= 0.3 is 0 Å². The molecule has 29 heavy (non-hydrogen) atoms. The van der Waals surface area contributed by atoms with E-state index in [0.29, 0.717) is 12.1 Å². The number of nitrogens with one attached hydrogen (secondary N) is 2. The van der Waals surface area contributed by atoms with E-state index in [0.717, 1.165) is 12.8 Å². The number of hydrogen-bond acceptors (Lipinski definition) is 3. The zero-order valence-electron chi connectivity index (χ0n) is 16.1. The van der Waals surface area contributed by atoms with Gasteiger partial charge in [-0.1, -0.05) is 30.3 Å². The van der Waals surface area contributed by atoms with Gasteiger partial charge in [-0.15, -0.1) is 12.4 Å². The molecule has 2 N–H and O–H groups in total. The quantitative estimate of drug-likeness (QED) is 0.717. The van der Waals surface area contributed by atoms with E-state index < -0.39 is 21.7 Å². The lowest BCUT2D eigenvalue weighted by Gasteiger charge is -2.25. The lowest BCUT2D eigenvalue weighted by molar-refractivity contribution is 0.406. The third kappa shape index (κ3) is 4.48. The first kappa shape index (κ1) is 22.2. The van der Waals surface area contributed by atoms with Crippen molar-refractivity contribution in [2.75, 3.05) is 12.3 Å². The van der Waals surface area contributed by atoms with Crippen LogP contribution in [0.25, 0.3) is 11.1 Å². The molecular weight excluding hydrogens is 418 g/mol. The van der Waals surface area contributed by atoms with Gasteiger partial charge in [-0.25, -0.2) is 21.9 Å². The summed E-state index contributed by atoms with van der Waals surface area (Å²) in [6, 6.07) is 10.7. The molecule has 1 aliphatic heterocycles. The Bertz CT molecular complexity index is 982. The van der Waals surface area contributed by atoms with Crippen LogP contribution in [0, 0.1) is 17.0 Å². The number of benzene rings is 2. The van der Waals surface area contributed by atoms with Crippen LogP contribution in [0.2, 0.25) is 0 Å². The molecule has 4 rings (SSSR count). The Morgan fingerprint density at radius 1 is 1.17 bits per heavy atom. The Balaban J connectivity index is 0.00000240. The monoisotopic (exact) mass is 442 g/mol. The highest BCUT2D eigenvalue weighted by atomic mass is 35.5. The molecule has 0 radical (unpaired) electrons. The zero-order chi connectivity index (χ0) is 19.9. The minimum atomic E-state index is -3.39. The minimum absolute atomic E-state index is 0. The number of sulfonamides is 1. The highest BCUT2D eigenvalue weighted by molar-refractivity contribution is 7.89.